The molecule has 0 atom stereocenters. The Bertz CT molecular complexity index is 956. The van der Waals surface area contributed by atoms with E-state index in [1.54, 1.807) is 4.40 Å². The molecule has 0 aliphatic heterocycles. The van der Waals surface area contributed by atoms with Crippen molar-refractivity contribution in [3.63, 3.8) is 0 Å². The average molecular weight is 371 g/mol. The quantitative estimate of drug-likeness (QED) is 0.748. The normalized spacial score (nSPS) is 11.9. The first-order chi connectivity index (χ1) is 11.0. The van der Waals surface area contributed by atoms with Gasteiger partial charge in [0.05, 0.1) is 5.02 Å². The maximum absolute atomic E-state index is 12.3. The predicted octanol–water partition coefficient (Wildman–Crippen LogP) is 2.56. The Hall–Kier alpha value is -1.67. The highest BCUT2D eigenvalue weighted by Gasteiger charge is 2.18. The summed E-state index contributed by atoms with van der Waals surface area (Å²) in [6.45, 7) is 0.168. The zero-order valence-electron chi connectivity index (χ0n) is 11.8. The van der Waals surface area contributed by atoms with E-state index in [2.05, 4.69) is 14.9 Å². The lowest BCUT2D eigenvalue weighted by atomic mass is 10.4. The van der Waals surface area contributed by atoms with Gasteiger partial charge in [-0.05, 0) is 30.3 Å². The van der Waals surface area contributed by atoms with Crippen molar-refractivity contribution in [1.82, 2.24) is 19.3 Å². The minimum absolute atomic E-state index is 0.0437. The van der Waals surface area contributed by atoms with Gasteiger partial charge in [-0.2, -0.15) is 0 Å². The zero-order valence-corrected chi connectivity index (χ0v) is 14.1. The van der Waals surface area contributed by atoms with E-state index in [0.29, 0.717) is 22.9 Å². The fourth-order valence-electron chi connectivity index (χ4n) is 2.12. The number of hydrogen-bond donors (Lipinski definition) is 1. The summed E-state index contributed by atoms with van der Waals surface area (Å²) in [5, 5.41) is 8.49. The molecule has 0 unspecified atom stereocenters. The fourth-order valence-corrected chi connectivity index (χ4v) is 3.91. The molecule has 6 nitrogen and oxygen atoms in total. The van der Waals surface area contributed by atoms with Gasteiger partial charge in [0, 0.05) is 24.2 Å². The molecule has 0 spiro atoms. The zero-order chi connectivity index (χ0) is 16.4. The van der Waals surface area contributed by atoms with Crippen molar-refractivity contribution in [3.8, 4) is 0 Å². The van der Waals surface area contributed by atoms with Crippen LogP contribution in [0, 0.1) is 0 Å². The van der Waals surface area contributed by atoms with Crippen LogP contribution in [-0.2, 0) is 16.4 Å². The van der Waals surface area contributed by atoms with Crippen LogP contribution in [-0.4, -0.2) is 29.6 Å². The molecule has 120 valence electrons. The molecule has 0 amide bonds. The van der Waals surface area contributed by atoms with Crippen LogP contribution in [0.4, 0.5) is 0 Å². The first-order valence-corrected chi connectivity index (χ1v) is 8.95. The van der Waals surface area contributed by atoms with E-state index in [-0.39, 0.29) is 16.5 Å². The Balaban J connectivity index is 1.74. The van der Waals surface area contributed by atoms with Gasteiger partial charge in [0.15, 0.2) is 5.65 Å². The first-order valence-electron chi connectivity index (χ1n) is 6.71. The fraction of sp³-hybridized carbons (Fsp3) is 0.143. The van der Waals surface area contributed by atoms with Gasteiger partial charge in [0.25, 0.3) is 0 Å². The highest BCUT2D eigenvalue weighted by Crippen LogP contribution is 2.24. The number of halogens is 2. The number of pyridine rings is 1. The monoisotopic (exact) mass is 370 g/mol. The molecule has 0 aliphatic carbocycles. The number of benzene rings is 1. The number of sulfonamides is 1. The Morgan fingerprint density at radius 2 is 1.96 bits per heavy atom. The standard InChI is InChI=1S/C14H12Cl2N4O2S/c15-10-4-5-11(16)12(9-10)23(21,22)17-7-6-14-19-18-13-3-1-2-8-20(13)14/h1-5,8-9,17H,6-7H2. The maximum Gasteiger partial charge on any atom is 0.242 e. The molecule has 3 aromatic rings. The van der Waals surface area contributed by atoms with Crippen LogP contribution in [0.15, 0.2) is 47.5 Å². The van der Waals surface area contributed by atoms with Gasteiger partial charge < -0.3 is 0 Å². The van der Waals surface area contributed by atoms with E-state index < -0.39 is 10.0 Å². The van der Waals surface area contributed by atoms with Crippen LogP contribution >= 0.6 is 23.2 Å². The number of nitrogens with one attached hydrogen (secondary N) is 1. The molecule has 0 aliphatic rings. The smallest absolute Gasteiger partial charge is 0.242 e. The molecule has 0 radical (unpaired) electrons. The lowest BCUT2D eigenvalue weighted by Gasteiger charge is -2.08. The van der Waals surface area contributed by atoms with Gasteiger partial charge in [-0.25, -0.2) is 13.1 Å². The van der Waals surface area contributed by atoms with Gasteiger partial charge in [0.2, 0.25) is 10.0 Å². The van der Waals surface area contributed by atoms with Crippen molar-refractivity contribution in [2.75, 3.05) is 6.54 Å². The van der Waals surface area contributed by atoms with Crippen LogP contribution in [0.25, 0.3) is 5.65 Å². The summed E-state index contributed by atoms with van der Waals surface area (Å²) < 4.78 is 28.9. The van der Waals surface area contributed by atoms with Gasteiger partial charge in [0.1, 0.15) is 10.7 Å². The van der Waals surface area contributed by atoms with E-state index in [1.807, 2.05) is 24.4 Å². The third kappa shape index (κ3) is 3.48. The number of fused-ring (bicyclic) bond motifs is 1. The van der Waals surface area contributed by atoms with E-state index in [0.717, 1.165) is 0 Å². The lowest BCUT2D eigenvalue weighted by Crippen LogP contribution is -2.26. The summed E-state index contributed by atoms with van der Waals surface area (Å²) in [4.78, 5) is -0.0437. The van der Waals surface area contributed by atoms with Crippen molar-refractivity contribution in [3.05, 3.63) is 58.5 Å². The first kappa shape index (κ1) is 16.2. The van der Waals surface area contributed by atoms with E-state index >= 15 is 0 Å². The van der Waals surface area contributed by atoms with Gasteiger partial charge in [-0.3, -0.25) is 4.40 Å². The van der Waals surface area contributed by atoms with Crippen molar-refractivity contribution in [2.24, 2.45) is 0 Å². The summed E-state index contributed by atoms with van der Waals surface area (Å²) in [5.74, 6) is 0.667. The Kier molecular flexibility index (Phi) is 4.54. The van der Waals surface area contributed by atoms with Crippen LogP contribution in [0.5, 0.6) is 0 Å². The number of aromatic nitrogens is 3. The largest absolute Gasteiger partial charge is 0.286 e. The van der Waals surface area contributed by atoms with E-state index in [4.69, 9.17) is 23.2 Å². The van der Waals surface area contributed by atoms with Crippen molar-refractivity contribution < 1.29 is 8.42 Å². The van der Waals surface area contributed by atoms with Crippen LogP contribution in [0.1, 0.15) is 5.82 Å². The summed E-state index contributed by atoms with van der Waals surface area (Å²) >= 11 is 11.8. The molecule has 2 aromatic heterocycles. The Morgan fingerprint density at radius 1 is 1.13 bits per heavy atom. The molecule has 1 aromatic carbocycles. The topological polar surface area (TPSA) is 76.4 Å². The molecule has 3 rings (SSSR count). The maximum atomic E-state index is 12.3. The molecule has 0 saturated heterocycles. The molecular formula is C14H12Cl2N4O2S. The van der Waals surface area contributed by atoms with E-state index in [1.165, 1.54) is 18.2 Å². The Labute approximate surface area is 143 Å². The summed E-state index contributed by atoms with van der Waals surface area (Å²) in [6, 6.07) is 9.84. The third-order valence-electron chi connectivity index (χ3n) is 3.21. The molecule has 9 heteroatoms. The SMILES string of the molecule is O=S(=O)(NCCc1nnc2ccccn12)c1cc(Cl)ccc1Cl. The summed E-state index contributed by atoms with van der Waals surface area (Å²) in [5.41, 5.74) is 0.711. The van der Waals surface area contributed by atoms with Gasteiger partial charge in [-0.15, -0.1) is 10.2 Å². The second-order valence-corrected chi connectivity index (χ2v) is 7.35. The van der Waals surface area contributed by atoms with Crippen molar-refractivity contribution >= 4 is 38.9 Å². The van der Waals surface area contributed by atoms with Crippen LogP contribution < -0.4 is 4.72 Å². The number of rotatable bonds is 5. The van der Waals surface area contributed by atoms with Gasteiger partial charge >= 0.3 is 0 Å². The minimum Gasteiger partial charge on any atom is -0.286 e. The summed E-state index contributed by atoms with van der Waals surface area (Å²) in [7, 11) is -3.74. The highest BCUT2D eigenvalue weighted by atomic mass is 35.5. The predicted molar refractivity (Wildman–Crippen MR) is 88.3 cm³/mol. The average Bonchev–Trinajstić information content (AvgIpc) is 2.93. The lowest BCUT2D eigenvalue weighted by molar-refractivity contribution is 0.580. The molecular weight excluding hydrogens is 359 g/mol. The second kappa shape index (κ2) is 6.45. The summed E-state index contributed by atoms with van der Waals surface area (Å²) in [6.07, 6.45) is 2.22. The van der Waals surface area contributed by atoms with Crippen LogP contribution in [0.2, 0.25) is 10.0 Å². The van der Waals surface area contributed by atoms with Crippen molar-refractivity contribution in [1.29, 1.82) is 0 Å². The number of hydrogen-bond acceptors (Lipinski definition) is 4. The Morgan fingerprint density at radius 3 is 2.78 bits per heavy atom. The van der Waals surface area contributed by atoms with Crippen LogP contribution in [0.3, 0.4) is 0 Å². The molecule has 1 N–H and O–H groups in total. The van der Waals surface area contributed by atoms with E-state index in [9.17, 15) is 8.42 Å². The third-order valence-corrected chi connectivity index (χ3v) is 5.39. The second-order valence-electron chi connectivity index (χ2n) is 4.77. The molecule has 0 fully saturated rings. The molecule has 0 saturated carbocycles. The molecule has 2 heterocycles. The number of nitrogens with zero attached hydrogens (tertiary/aromatic N) is 3. The highest BCUT2D eigenvalue weighted by molar-refractivity contribution is 7.89. The molecule has 23 heavy (non-hydrogen) atoms. The molecule has 0 bridgehead atoms. The van der Waals surface area contributed by atoms with Gasteiger partial charge in [-0.1, -0.05) is 29.3 Å². The van der Waals surface area contributed by atoms with Crippen molar-refractivity contribution in [2.45, 2.75) is 11.3 Å². The minimum atomic E-state index is -3.74.